The Kier molecular flexibility index (Phi) is 5.49. The molecule has 21 heavy (non-hydrogen) atoms. The van der Waals surface area contributed by atoms with Crippen LogP contribution in [0.2, 0.25) is 0 Å². The van der Waals surface area contributed by atoms with Crippen LogP contribution in [0.3, 0.4) is 0 Å². The quantitative estimate of drug-likeness (QED) is 0.842. The van der Waals surface area contributed by atoms with Crippen LogP contribution in [0.25, 0.3) is 0 Å². The van der Waals surface area contributed by atoms with Gasteiger partial charge in [0.25, 0.3) is 0 Å². The number of rotatable bonds is 7. The molecule has 0 saturated carbocycles. The Morgan fingerprint density at radius 1 is 1.38 bits per heavy atom. The molecule has 0 aromatic carbocycles. The largest absolute Gasteiger partial charge is 0.353 e. The highest BCUT2D eigenvalue weighted by Gasteiger charge is 2.22. The van der Waals surface area contributed by atoms with Crippen molar-refractivity contribution in [1.82, 2.24) is 9.88 Å². The molecule has 1 heterocycles. The SMILES string of the molecule is CCCNC1CCCc2cn(CCS(=O)(=O)C(C)C)cc21. The number of fused-ring (bicyclic) bond motifs is 1. The van der Waals surface area contributed by atoms with Gasteiger partial charge in [-0.3, -0.25) is 0 Å². The van der Waals surface area contributed by atoms with Crippen LogP contribution in [-0.2, 0) is 22.8 Å². The van der Waals surface area contributed by atoms with Crippen molar-refractivity contribution in [3.8, 4) is 0 Å². The Bertz CT molecular complexity index is 561. The molecule has 5 heteroatoms. The van der Waals surface area contributed by atoms with Gasteiger partial charge in [0.15, 0.2) is 9.84 Å². The van der Waals surface area contributed by atoms with Gasteiger partial charge in [-0.05, 0) is 57.2 Å². The van der Waals surface area contributed by atoms with Gasteiger partial charge in [-0.15, -0.1) is 0 Å². The minimum Gasteiger partial charge on any atom is -0.353 e. The maximum Gasteiger partial charge on any atom is 0.154 e. The van der Waals surface area contributed by atoms with Crippen molar-refractivity contribution in [3.05, 3.63) is 23.5 Å². The lowest BCUT2D eigenvalue weighted by molar-refractivity contribution is 0.462. The summed E-state index contributed by atoms with van der Waals surface area (Å²) in [5, 5.41) is 3.31. The van der Waals surface area contributed by atoms with E-state index in [1.807, 2.05) is 0 Å². The second kappa shape index (κ2) is 6.97. The minimum absolute atomic E-state index is 0.227. The maximum atomic E-state index is 11.9. The van der Waals surface area contributed by atoms with Gasteiger partial charge in [0.2, 0.25) is 0 Å². The maximum absolute atomic E-state index is 11.9. The van der Waals surface area contributed by atoms with Gasteiger partial charge < -0.3 is 9.88 Å². The third kappa shape index (κ3) is 4.10. The smallest absolute Gasteiger partial charge is 0.154 e. The molecular formula is C16H28N2O2S. The van der Waals surface area contributed by atoms with Crippen molar-refractivity contribution in [3.63, 3.8) is 0 Å². The molecule has 1 aliphatic carbocycles. The second-order valence-corrected chi connectivity index (χ2v) is 8.97. The molecule has 1 N–H and O–H groups in total. The zero-order valence-corrected chi connectivity index (χ0v) is 14.2. The first-order valence-electron chi connectivity index (χ1n) is 8.07. The van der Waals surface area contributed by atoms with Gasteiger partial charge in [-0.2, -0.15) is 0 Å². The van der Waals surface area contributed by atoms with Crippen molar-refractivity contribution < 1.29 is 8.42 Å². The molecule has 120 valence electrons. The van der Waals surface area contributed by atoms with Gasteiger partial charge >= 0.3 is 0 Å². The number of nitrogens with one attached hydrogen (secondary N) is 1. The number of hydrogen-bond acceptors (Lipinski definition) is 3. The predicted octanol–water partition coefficient (Wildman–Crippen LogP) is 2.69. The van der Waals surface area contributed by atoms with E-state index in [-0.39, 0.29) is 11.0 Å². The monoisotopic (exact) mass is 312 g/mol. The first-order valence-corrected chi connectivity index (χ1v) is 9.79. The Hall–Kier alpha value is -0.810. The number of aryl methyl sites for hydroxylation is 2. The van der Waals surface area contributed by atoms with Crippen LogP contribution < -0.4 is 5.32 Å². The molecule has 1 aromatic heterocycles. The Balaban J connectivity index is 2.05. The Labute approximate surface area is 128 Å². The molecule has 1 aromatic rings. The zero-order valence-electron chi connectivity index (χ0n) is 13.4. The van der Waals surface area contributed by atoms with E-state index in [0.29, 0.717) is 12.6 Å². The first kappa shape index (κ1) is 16.6. The molecule has 1 atom stereocenters. The summed E-state index contributed by atoms with van der Waals surface area (Å²) < 4.78 is 25.9. The van der Waals surface area contributed by atoms with E-state index in [1.165, 1.54) is 24.0 Å². The van der Waals surface area contributed by atoms with E-state index < -0.39 is 9.84 Å². The summed E-state index contributed by atoms with van der Waals surface area (Å²) in [7, 11) is -2.96. The van der Waals surface area contributed by atoms with Crippen molar-refractivity contribution in [2.75, 3.05) is 12.3 Å². The van der Waals surface area contributed by atoms with Crippen molar-refractivity contribution >= 4 is 9.84 Å². The lowest BCUT2D eigenvalue weighted by Gasteiger charge is -2.23. The predicted molar refractivity (Wildman–Crippen MR) is 87.3 cm³/mol. The second-order valence-electron chi connectivity index (χ2n) is 6.29. The lowest BCUT2D eigenvalue weighted by atomic mass is 9.91. The van der Waals surface area contributed by atoms with Crippen LogP contribution in [0.15, 0.2) is 12.4 Å². The van der Waals surface area contributed by atoms with E-state index in [1.54, 1.807) is 13.8 Å². The van der Waals surface area contributed by atoms with E-state index in [0.717, 1.165) is 19.4 Å². The van der Waals surface area contributed by atoms with Gasteiger partial charge in [0.05, 0.1) is 11.0 Å². The summed E-state index contributed by atoms with van der Waals surface area (Å²) in [6.07, 6.45) is 8.94. The molecule has 1 aliphatic rings. The summed E-state index contributed by atoms with van der Waals surface area (Å²) >= 11 is 0. The topological polar surface area (TPSA) is 51.1 Å². The number of sulfone groups is 1. The highest BCUT2D eigenvalue weighted by atomic mass is 32.2. The van der Waals surface area contributed by atoms with Crippen LogP contribution in [0.4, 0.5) is 0 Å². The van der Waals surface area contributed by atoms with Crippen molar-refractivity contribution in [2.24, 2.45) is 0 Å². The minimum atomic E-state index is -2.96. The number of nitrogens with zero attached hydrogens (tertiary/aromatic N) is 1. The average molecular weight is 312 g/mol. The van der Waals surface area contributed by atoms with Gasteiger partial charge in [-0.25, -0.2) is 8.42 Å². The van der Waals surface area contributed by atoms with Gasteiger partial charge in [-0.1, -0.05) is 6.92 Å². The summed E-state index contributed by atoms with van der Waals surface area (Å²) in [5.74, 6) is 0.227. The third-order valence-corrected chi connectivity index (χ3v) is 6.49. The molecule has 2 rings (SSSR count). The normalized spacial score (nSPS) is 19.0. The van der Waals surface area contributed by atoms with Crippen LogP contribution in [0.5, 0.6) is 0 Å². The molecule has 4 nitrogen and oxygen atoms in total. The van der Waals surface area contributed by atoms with Crippen molar-refractivity contribution in [2.45, 2.75) is 64.3 Å². The Morgan fingerprint density at radius 2 is 2.14 bits per heavy atom. The zero-order chi connectivity index (χ0) is 15.5. The molecule has 0 aliphatic heterocycles. The molecule has 0 radical (unpaired) electrons. The fourth-order valence-electron chi connectivity index (χ4n) is 2.88. The first-order chi connectivity index (χ1) is 9.94. The van der Waals surface area contributed by atoms with E-state index in [4.69, 9.17) is 0 Å². The summed E-state index contributed by atoms with van der Waals surface area (Å²) in [4.78, 5) is 0. The molecule has 0 bridgehead atoms. The fourth-order valence-corrected chi connectivity index (χ4v) is 3.81. The van der Waals surface area contributed by atoms with Crippen molar-refractivity contribution in [1.29, 1.82) is 0 Å². The standard InChI is InChI=1S/C16H28N2O2S/c1-4-8-17-16-7-5-6-14-11-18(12-15(14)16)9-10-21(19,20)13(2)3/h11-13,16-17H,4-10H2,1-3H3. The molecule has 0 saturated heterocycles. The summed E-state index contributed by atoms with van der Waals surface area (Å²) in [6, 6.07) is 0.441. The van der Waals surface area contributed by atoms with Gasteiger partial charge in [0.1, 0.15) is 0 Å². The van der Waals surface area contributed by atoms with Crippen LogP contribution >= 0.6 is 0 Å². The summed E-state index contributed by atoms with van der Waals surface area (Å²) in [5.41, 5.74) is 2.76. The average Bonchev–Trinajstić information content (AvgIpc) is 2.86. The highest BCUT2D eigenvalue weighted by molar-refractivity contribution is 7.91. The fraction of sp³-hybridized carbons (Fsp3) is 0.750. The molecule has 1 unspecified atom stereocenters. The Morgan fingerprint density at radius 3 is 2.81 bits per heavy atom. The molecule has 0 amide bonds. The summed E-state index contributed by atoms with van der Waals surface area (Å²) in [6.45, 7) is 7.28. The van der Waals surface area contributed by atoms with Crippen LogP contribution in [0.1, 0.15) is 57.2 Å². The van der Waals surface area contributed by atoms with Crippen LogP contribution in [0, 0.1) is 0 Å². The third-order valence-electron chi connectivity index (χ3n) is 4.30. The van der Waals surface area contributed by atoms with Gasteiger partial charge in [0, 0.05) is 25.0 Å². The highest BCUT2D eigenvalue weighted by Crippen LogP contribution is 2.30. The van der Waals surface area contributed by atoms with E-state index in [9.17, 15) is 8.42 Å². The molecular weight excluding hydrogens is 284 g/mol. The molecule has 0 spiro atoms. The molecule has 0 fully saturated rings. The number of aromatic nitrogens is 1. The van der Waals surface area contributed by atoms with E-state index >= 15 is 0 Å². The van der Waals surface area contributed by atoms with Crippen LogP contribution in [-0.4, -0.2) is 30.5 Å². The van der Waals surface area contributed by atoms with E-state index in [2.05, 4.69) is 29.2 Å². The lowest BCUT2D eigenvalue weighted by Crippen LogP contribution is -2.25. The number of hydrogen-bond donors (Lipinski definition) is 1.